The normalized spacial score (nSPS) is 15.7. The fourth-order valence-electron chi connectivity index (χ4n) is 2.13. The standard InChI is InChI=1S/C15H21N3O2/c1-10(8-16)15(20)18(13-6-7-13)9-11-2-4-12(5-3-11)14(17)19/h2-5,10,13H,6-9,16H2,1H3,(H2,17,19). The highest BCUT2D eigenvalue weighted by molar-refractivity contribution is 5.92. The summed E-state index contributed by atoms with van der Waals surface area (Å²) in [5.41, 5.74) is 12.3. The van der Waals surface area contributed by atoms with Crippen LogP contribution in [-0.4, -0.2) is 29.3 Å². The molecule has 1 fully saturated rings. The van der Waals surface area contributed by atoms with Crippen LogP contribution in [0.5, 0.6) is 0 Å². The highest BCUT2D eigenvalue weighted by atomic mass is 16.2. The van der Waals surface area contributed by atoms with E-state index in [0.717, 1.165) is 18.4 Å². The van der Waals surface area contributed by atoms with Crippen LogP contribution in [0.3, 0.4) is 0 Å². The van der Waals surface area contributed by atoms with Gasteiger partial charge in [-0.3, -0.25) is 9.59 Å². The van der Waals surface area contributed by atoms with Crippen molar-refractivity contribution in [3.63, 3.8) is 0 Å². The number of primary amides is 1. The Bertz CT molecular complexity index is 494. The number of benzene rings is 1. The maximum atomic E-state index is 12.3. The van der Waals surface area contributed by atoms with Crippen LogP contribution in [0.25, 0.3) is 0 Å². The third kappa shape index (κ3) is 3.36. The number of carbonyl (C=O) groups is 2. The fraction of sp³-hybridized carbons (Fsp3) is 0.467. The Balaban J connectivity index is 2.08. The van der Waals surface area contributed by atoms with Gasteiger partial charge in [-0.2, -0.15) is 0 Å². The Morgan fingerprint density at radius 1 is 1.30 bits per heavy atom. The van der Waals surface area contributed by atoms with E-state index >= 15 is 0 Å². The third-order valence-electron chi connectivity index (χ3n) is 3.64. The van der Waals surface area contributed by atoms with Crippen LogP contribution in [0.4, 0.5) is 0 Å². The van der Waals surface area contributed by atoms with Gasteiger partial charge in [0.2, 0.25) is 11.8 Å². The molecule has 2 rings (SSSR count). The molecule has 20 heavy (non-hydrogen) atoms. The maximum Gasteiger partial charge on any atom is 0.248 e. The first-order valence-corrected chi connectivity index (χ1v) is 6.92. The van der Waals surface area contributed by atoms with Crippen molar-refractivity contribution < 1.29 is 9.59 Å². The number of carbonyl (C=O) groups excluding carboxylic acids is 2. The molecule has 1 saturated carbocycles. The minimum absolute atomic E-state index is 0.106. The second-order valence-electron chi connectivity index (χ2n) is 5.40. The van der Waals surface area contributed by atoms with E-state index < -0.39 is 5.91 Å². The van der Waals surface area contributed by atoms with Gasteiger partial charge in [0, 0.05) is 30.6 Å². The van der Waals surface area contributed by atoms with E-state index in [1.165, 1.54) is 0 Å². The first kappa shape index (κ1) is 14.5. The SMILES string of the molecule is CC(CN)C(=O)N(Cc1ccc(C(N)=O)cc1)C1CC1. The van der Waals surface area contributed by atoms with Crippen molar-refractivity contribution in [2.75, 3.05) is 6.54 Å². The molecular weight excluding hydrogens is 254 g/mol. The molecule has 1 aromatic carbocycles. The van der Waals surface area contributed by atoms with E-state index in [9.17, 15) is 9.59 Å². The molecule has 1 unspecified atom stereocenters. The summed E-state index contributed by atoms with van der Waals surface area (Å²) in [5.74, 6) is -0.488. The summed E-state index contributed by atoms with van der Waals surface area (Å²) < 4.78 is 0. The quantitative estimate of drug-likeness (QED) is 0.807. The summed E-state index contributed by atoms with van der Waals surface area (Å²) >= 11 is 0. The Kier molecular flexibility index (Phi) is 4.39. The van der Waals surface area contributed by atoms with E-state index in [1.54, 1.807) is 12.1 Å². The van der Waals surface area contributed by atoms with Gasteiger partial charge in [-0.1, -0.05) is 19.1 Å². The first-order valence-electron chi connectivity index (χ1n) is 6.92. The Morgan fingerprint density at radius 2 is 1.90 bits per heavy atom. The summed E-state index contributed by atoms with van der Waals surface area (Å²) in [6, 6.07) is 7.41. The lowest BCUT2D eigenvalue weighted by Crippen LogP contribution is -2.39. The molecule has 1 aliphatic carbocycles. The predicted octanol–water partition coefficient (Wildman–Crippen LogP) is 0.871. The average Bonchev–Trinajstić information content (AvgIpc) is 3.28. The Morgan fingerprint density at radius 3 is 2.35 bits per heavy atom. The number of hydrogen-bond donors (Lipinski definition) is 2. The van der Waals surface area contributed by atoms with Crippen molar-refractivity contribution in [1.82, 2.24) is 4.90 Å². The van der Waals surface area contributed by atoms with E-state index in [2.05, 4.69) is 0 Å². The molecule has 5 nitrogen and oxygen atoms in total. The minimum Gasteiger partial charge on any atom is -0.366 e. The van der Waals surface area contributed by atoms with Crippen molar-refractivity contribution in [1.29, 1.82) is 0 Å². The molecule has 108 valence electrons. The molecule has 2 amide bonds. The van der Waals surface area contributed by atoms with E-state index in [4.69, 9.17) is 11.5 Å². The van der Waals surface area contributed by atoms with Gasteiger partial charge in [0.05, 0.1) is 0 Å². The molecule has 4 N–H and O–H groups in total. The van der Waals surface area contributed by atoms with Crippen molar-refractivity contribution in [2.24, 2.45) is 17.4 Å². The topological polar surface area (TPSA) is 89.4 Å². The second kappa shape index (κ2) is 6.05. The number of hydrogen-bond acceptors (Lipinski definition) is 3. The third-order valence-corrected chi connectivity index (χ3v) is 3.64. The summed E-state index contributed by atoms with van der Waals surface area (Å²) in [6.45, 7) is 2.78. The average molecular weight is 275 g/mol. The van der Waals surface area contributed by atoms with Crippen molar-refractivity contribution in [3.8, 4) is 0 Å². The van der Waals surface area contributed by atoms with Crippen LogP contribution in [0.1, 0.15) is 35.7 Å². The van der Waals surface area contributed by atoms with Gasteiger partial charge in [0.15, 0.2) is 0 Å². The van der Waals surface area contributed by atoms with Gasteiger partial charge in [0.25, 0.3) is 0 Å². The van der Waals surface area contributed by atoms with Crippen molar-refractivity contribution in [2.45, 2.75) is 32.4 Å². The lowest BCUT2D eigenvalue weighted by atomic mass is 10.1. The summed E-state index contributed by atoms with van der Waals surface area (Å²) in [7, 11) is 0. The van der Waals surface area contributed by atoms with Gasteiger partial charge < -0.3 is 16.4 Å². The highest BCUT2D eigenvalue weighted by Crippen LogP contribution is 2.29. The molecule has 0 spiro atoms. The zero-order chi connectivity index (χ0) is 14.7. The molecule has 0 radical (unpaired) electrons. The smallest absolute Gasteiger partial charge is 0.248 e. The zero-order valence-electron chi connectivity index (χ0n) is 11.7. The highest BCUT2D eigenvalue weighted by Gasteiger charge is 2.34. The molecule has 1 aliphatic rings. The second-order valence-corrected chi connectivity index (χ2v) is 5.40. The maximum absolute atomic E-state index is 12.3. The van der Waals surface area contributed by atoms with Gasteiger partial charge in [0.1, 0.15) is 0 Å². The van der Waals surface area contributed by atoms with Crippen LogP contribution >= 0.6 is 0 Å². The summed E-state index contributed by atoms with van der Waals surface area (Å²) in [6.07, 6.45) is 2.12. The van der Waals surface area contributed by atoms with Crippen molar-refractivity contribution in [3.05, 3.63) is 35.4 Å². The van der Waals surface area contributed by atoms with Gasteiger partial charge in [-0.15, -0.1) is 0 Å². The van der Waals surface area contributed by atoms with Crippen LogP contribution in [0, 0.1) is 5.92 Å². The molecule has 0 aliphatic heterocycles. The Labute approximate surface area is 118 Å². The Hall–Kier alpha value is -1.88. The van der Waals surface area contributed by atoms with Crippen LogP contribution < -0.4 is 11.5 Å². The van der Waals surface area contributed by atoms with Gasteiger partial charge in [-0.25, -0.2) is 0 Å². The molecule has 0 saturated heterocycles. The molecule has 5 heteroatoms. The van der Waals surface area contributed by atoms with Crippen molar-refractivity contribution >= 4 is 11.8 Å². The largest absolute Gasteiger partial charge is 0.366 e. The van der Waals surface area contributed by atoms with E-state index in [-0.39, 0.29) is 11.8 Å². The van der Waals surface area contributed by atoms with Gasteiger partial charge in [-0.05, 0) is 30.5 Å². The van der Waals surface area contributed by atoms with Gasteiger partial charge >= 0.3 is 0 Å². The van der Waals surface area contributed by atoms with E-state index in [0.29, 0.717) is 24.7 Å². The molecule has 0 heterocycles. The predicted molar refractivity (Wildman–Crippen MR) is 76.8 cm³/mol. The zero-order valence-corrected chi connectivity index (χ0v) is 11.7. The molecule has 0 bridgehead atoms. The minimum atomic E-state index is -0.441. The van der Waals surface area contributed by atoms with Crippen LogP contribution in [0.2, 0.25) is 0 Å². The molecule has 0 aromatic heterocycles. The lowest BCUT2D eigenvalue weighted by molar-refractivity contribution is -0.135. The van der Waals surface area contributed by atoms with E-state index in [1.807, 2.05) is 24.0 Å². The lowest BCUT2D eigenvalue weighted by Gasteiger charge is -2.25. The van der Waals surface area contributed by atoms with Crippen LogP contribution in [-0.2, 0) is 11.3 Å². The summed E-state index contributed by atoms with van der Waals surface area (Å²) in [5, 5.41) is 0. The monoisotopic (exact) mass is 275 g/mol. The number of nitrogens with two attached hydrogens (primary N) is 2. The molecular formula is C15H21N3O2. The number of rotatable bonds is 6. The fourth-order valence-corrected chi connectivity index (χ4v) is 2.13. The molecule has 1 aromatic rings. The molecule has 1 atom stereocenters. The van der Waals surface area contributed by atoms with Crippen LogP contribution in [0.15, 0.2) is 24.3 Å². The number of nitrogens with zero attached hydrogens (tertiary/aromatic N) is 1. The summed E-state index contributed by atoms with van der Waals surface area (Å²) in [4.78, 5) is 25.2. The first-order chi connectivity index (χ1) is 9.52. The number of amides is 2.